The Bertz CT molecular complexity index is 403. The highest BCUT2D eigenvalue weighted by Crippen LogP contribution is 2.24. The Hall–Kier alpha value is -0.610. The van der Waals surface area contributed by atoms with Crippen molar-refractivity contribution < 1.29 is 5.11 Å². The first-order valence-corrected chi connectivity index (χ1v) is 7.27. The highest BCUT2D eigenvalue weighted by molar-refractivity contribution is 6.31. The average Bonchev–Trinajstić information content (AvgIpc) is 2.39. The molecule has 1 unspecified atom stereocenters. The fourth-order valence-electron chi connectivity index (χ4n) is 2.71. The quantitative estimate of drug-likeness (QED) is 0.919. The standard InChI is InChI=1S/C15H23ClN2O/c1-17(2)12-7-9-18(10-8-12)11-15(19)13-5-3-4-6-14(13)16/h3-6,12,15,19H,7-11H2,1-2H3. The van der Waals surface area contributed by atoms with Gasteiger partial charge in [0.05, 0.1) is 6.10 Å². The highest BCUT2D eigenvalue weighted by atomic mass is 35.5. The molecule has 4 heteroatoms. The van der Waals surface area contributed by atoms with Gasteiger partial charge in [-0.1, -0.05) is 29.8 Å². The third-order valence-corrected chi connectivity index (χ3v) is 4.33. The van der Waals surface area contributed by atoms with Crippen molar-refractivity contribution in [2.75, 3.05) is 33.7 Å². The summed E-state index contributed by atoms with van der Waals surface area (Å²) in [4.78, 5) is 4.62. The lowest BCUT2D eigenvalue weighted by atomic mass is 10.0. The molecule has 1 aromatic rings. The molecule has 1 fully saturated rings. The number of nitrogens with zero attached hydrogens (tertiary/aromatic N) is 2. The molecule has 0 radical (unpaired) electrons. The largest absolute Gasteiger partial charge is 0.387 e. The minimum Gasteiger partial charge on any atom is -0.387 e. The van der Waals surface area contributed by atoms with E-state index >= 15 is 0 Å². The van der Waals surface area contributed by atoms with Crippen LogP contribution in [-0.2, 0) is 0 Å². The van der Waals surface area contributed by atoms with Gasteiger partial charge in [-0.15, -0.1) is 0 Å². The van der Waals surface area contributed by atoms with E-state index in [0.29, 0.717) is 17.6 Å². The summed E-state index contributed by atoms with van der Waals surface area (Å²) < 4.78 is 0. The van der Waals surface area contributed by atoms with Crippen LogP contribution < -0.4 is 0 Å². The number of piperidine rings is 1. The number of halogens is 1. The zero-order valence-electron chi connectivity index (χ0n) is 11.7. The van der Waals surface area contributed by atoms with Crippen molar-refractivity contribution in [1.82, 2.24) is 9.80 Å². The Morgan fingerprint density at radius 2 is 1.95 bits per heavy atom. The van der Waals surface area contributed by atoms with Gasteiger partial charge in [-0.25, -0.2) is 0 Å². The van der Waals surface area contributed by atoms with E-state index in [1.807, 2.05) is 24.3 Å². The van der Waals surface area contributed by atoms with E-state index in [-0.39, 0.29) is 0 Å². The van der Waals surface area contributed by atoms with Crippen molar-refractivity contribution >= 4 is 11.6 Å². The number of benzene rings is 1. The minimum atomic E-state index is -0.496. The predicted molar refractivity (Wildman–Crippen MR) is 79.6 cm³/mol. The van der Waals surface area contributed by atoms with Crippen LogP contribution in [0.4, 0.5) is 0 Å². The summed E-state index contributed by atoms with van der Waals surface area (Å²) in [5.74, 6) is 0. The summed E-state index contributed by atoms with van der Waals surface area (Å²) in [6, 6.07) is 8.22. The summed E-state index contributed by atoms with van der Waals surface area (Å²) in [6.07, 6.45) is 1.84. The van der Waals surface area contributed by atoms with Crippen LogP contribution in [0.25, 0.3) is 0 Å². The molecule has 1 aliphatic heterocycles. The Morgan fingerprint density at radius 3 is 2.53 bits per heavy atom. The molecular weight excluding hydrogens is 260 g/mol. The van der Waals surface area contributed by atoms with Gasteiger partial charge in [-0.2, -0.15) is 0 Å². The van der Waals surface area contributed by atoms with Crippen molar-refractivity contribution in [1.29, 1.82) is 0 Å². The lowest BCUT2D eigenvalue weighted by Gasteiger charge is -2.36. The van der Waals surface area contributed by atoms with Crippen LogP contribution >= 0.6 is 11.6 Å². The summed E-state index contributed by atoms with van der Waals surface area (Å²) >= 11 is 6.12. The van der Waals surface area contributed by atoms with Crippen molar-refractivity contribution in [2.24, 2.45) is 0 Å². The molecule has 0 spiro atoms. The molecule has 0 bridgehead atoms. The lowest BCUT2D eigenvalue weighted by molar-refractivity contribution is 0.0799. The topological polar surface area (TPSA) is 26.7 Å². The second-order valence-corrected chi connectivity index (χ2v) is 5.94. The normalized spacial score (nSPS) is 19.8. The lowest BCUT2D eigenvalue weighted by Crippen LogP contribution is -2.43. The van der Waals surface area contributed by atoms with Crippen LogP contribution in [0.2, 0.25) is 5.02 Å². The Labute approximate surface area is 120 Å². The van der Waals surface area contributed by atoms with E-state index in [1.54, 1.807) is 0 Å². The SMILES string of the molecule is CN(C)C1CCN(CC(O)c2ccccc2Cl)CC1. The summed E-state index contributed by atoms with van der Waals surface area (Å²) in [7, 11) is 4.28. The van der Waals surface area contributed by atoms with E-state index in [4.69, 9.17) is 11.6 Å². The molecule has 1 heterocycles. The molecule has 19 heavy (non-hydrogen) atoms. The second kappa shape index (κ2) is 6.71. The van der Waals surface area contributed by atoms with Gasteiger partial charge in [-0.05, 0) is 46.1 Å². The first kappa shape index (κ1) is 14.8. The molecule has 2 rings (SSSR count). The van der Waals surface area contributed by atoms with Gasteiger partial charge < -0.3 is 14.9 Å². The van der Waals surface area contributed by atoms with Crippen LogP contribution in [0.15, 0.2) is 24.3 Å². The highest BCUT2D eigenvalue weighted by Gasteiger charge is 2.23. The van der Waals surface area contributed by atoms with Gasteiger partial charge in [0.15, 0.2) is 0 Å². The molecule has 1 saturated heterocycles. The van der Waals surface area contributed by atoms with Gasteiger partial charge in [0.1, 0.15) is 0 Å². The monoisotopic (exact) mass is 282 g/mol. The van der Waals surface area contributed by atoms with E-state index in [9.17, 15) is 5.11 Å². The van der Waals surface area contributed by atoms with Crippen molar-refractivity contribution in [3.63, 3.8) is 0 Å². The van der Waals surface area contributed by atoms with E-state index in [0.717, 1.165) is 18.7 Å². The maximum Gasteiger partial charge on any atom is 0.0931 e. The molecule has 0 aliphatic carbocycles. The number of aliphatic hydroxyl groups is 1. The van der Waals surface area contributed by atoms with E-state index < -0.39 is 6.10 Å². The molecular formula is C15H23ClN2O. The van der Waals surface area contributed by atoms with E-state index in [2.05, 4.69) is 23.9 Å². The van der Waals surface area contributed by atoms with Gasteiger partial charge in [0, 0.05) is 23.2 Å². The summed E-state index contributed by atoms with van der Waals surface area (Å²) in [5.41, 5.74) is 0.832. The molecule has 1 aromatic carbocycles. The number of β-amino-alcohol motifs (C(OH)–C–C–N with tert-alkyl or cyclic N) is 1. The summed E-state index contributed by atoms with van der Waals surface area (Å²) in [5, 5.41) is 10.9. The first-order valence-electron chi connectivity index (χ1n) is 6.89. The predicted octanol–water partition coefficient (Wildman–Crippen LogP) is 2.40. The van der Waals surface area contributed by atoms with Crippen molar-refractivity contribution in [2.45, 2.75) is 25.0 Å². The zero-order chi connectivity index (χ0) is 13.8. The zero-order valence-corrected chi connectivity index (χ0v) is 12.5. The van der Waals surface area contributed by atoms with Crippen molar-refractivity contribution in [3.8, 4) is 0 Å². The number of rotatable bonds is 4. The summed E-state index contributed by atoms with van der Waals surface area (Å²) in [6.45, 7) is 2.76. The molecule has 0 saturated carbocycles. The number of hydrogen-bond donors (Lipinski definition) is 1. The molecule has 0 aromatic heterocycles. The number of aliphatic hydroxyl groups excluding tert-OH is 1. The molecule has 0 amide bonds. The van der Waals surface area contributed by atoms with Crippen LogP contribution in [0.1, 0.15) is 24.5 Å². The van der Waals surface area contributed by atoms with Crippen LogP contribution in [-0.4, -0.2) is 54.7 Å². The Balaban J connectivity index is 1.87. The van der Waals surface area contributed by atoms with Gasteiger partial charge in [-0.3, -0.25) is 0 Å². The smallest absolute Gasteiger partial charge is 0.0931 e. The Morgan fingerprint density at radius 1 is 1.32 bits per heavy atom. The average molecular weight is 283 g/mol. The van der Waals surface area contributed by atoms with Gasteiger partial charge >= 0.3 is 0 Å². The second-order valence-electron chi connectivity index (χ2n) is 5.53. The first-order chi connectivity index (χ1) is 9.08. The molecule has 106 valence electrons. The van der Waals surface area contributed by atoms with Gasteiger partial charge in [0.25, 0.3) is 0 Å². The molecule has 1 aliphatic rings. The maximum absolute atomic E-state index is 10.3. The fourth-order valence-corrected chi connectivity index (χ4v) is 2.97. The maximum atomic E-state index is 10.3. The fraction of sp³-hybridized carbons (Fsp3) is 0.600. The minimum absolute atomic E-state index is 0.496. The molecule has 1 N–H and O–H groups in total. The Kier molecular flexibility index (Phi) is 5.22. The third kappa shape index (κ3) is 3.93. The van der Waals surface area contributed by atoms with Gasteiger partial charge in [0.2, 0.25) is 0 Å². The van der Waals surface area contributed by atoms with Crippen molar-refractivity contribution in [3.05, 3.63) is 34.9 Å². The molecule has 1 atom stereocenters. The van der Waals surface area contributed by atoms with Crippen LogP contribution in [0.3, 0.4) is 0 Å². The third-order valence-electron chi connectivity index (χ3n) is 3.98. The number of likely N-dealkylation sites (tertiary alicyclic amines) is 1. The van der Waals surface area contributed by atoms with Crippen LogP contribution in [0.5, 0.6) is 0 Å². The number of hydrogen-bond acceptors (Lipinski definition) is 3. The van der Waals surface area contributed by atoms with Crippen LogP contribution in [0, 0.1) is 0 Å². The van der Waals surface area contributed by atoms with E-state index in [1.165, 1.54) is 12.8 Å². The molecule has 3 nitrogen and oxygen atoms in total.